The van der Waals surface area contributed by atoms with Crippen molar-refractivity contribution in [3.05, 3.63) is 51.5 Å². The first-order valence-electron chi connectivity index (χ1n) is 6.62. The summed E-state index contributed by atoms with van der Waals surface area (Å²) in [5.41, 5.74) is -0.331. The molecule has 0 aliphatic carbocycles. The zero-order valence-corrected chi connectivity index (χ0v) is 13.9. The van der Waals surface area contributed by atoms with E-state index in [0.717, 1.165) is 23.3 Å². The summed E-state index contributed by atoms with van der Waals surface area (Å²) in [6, 6.07) is 5.53. The largest absolute Gasteiger partial charge is 0.385 e. The van der Waals surface area contributed by atoms with Gasteiger partial charge in [-0.15, -0.1) is 0 Å². The smallest absolute Gasteiger partial charge is 0.111 e. The van der Waals surface area contributed by atoms with Crippen LogP contribution in [0.5, 0.6) is 0 Å². The molecule has 1 aromatic heterocycles. The number of rotatable bonds is 5. The van der Waals surface area contributed by atoms with Crippen LogP contribution in [0.25, 0.3) is 0 Å². The van der Waals surface area contributed by atoms with Crippen molar-refractivity contribution in [2.24, 2.45) is 0 Å². The average molecular weight is 358 g/mol. The van der Waals surface area contributed by atoms with Gasteiger partial charge in [0.15, 0.2) is 0 Å². The summed E-state index contributed by atoms with van der Waals surface area (Å²) in [7, 11) is 0. The van der Waals surface area contributed by atoms with Crippen molar-refractivity contribution in [1.29, 1.82) is 0 Å². The summed E-state index contributed by atoms with van der Waals surface area (Å²) in [4.78, 5) is 4.34. The van der Waals surface area contributed by atoms with Crippen LogP contribution in [0.15, 0.2) is 35.1 Å². The maximum atomic E-state index is 10.8. The number of imidazole rings is 1. The van der Waals surface area contributed by atoms with Gasteiger partial charge in [-0.3, -0.25) is 0 Å². The van der Waals surface area contributed by atoms with Gasteiger partial charge in [0, 0.05) is 40.4 Å². The van der Waals surface area contributed by atoms with Crippen molar-refractivity contribution in [2.45, 2.75) is 38.8 Å². The minimum Gasteiger partial charge on any atom is -0.385 e. The van der Waals surface area contributed by atoms with Crippen molar-refractivity contribution < 1.29 is 5.11 Å². The molecule has 1 unspecified atom stereocenters. The molecule has 1 heterocycles. The molecular weight excluding hydrogens is 340 g/mol. The Labute approximate surface area is 132 Å². The molecule has 0 aliphatic heterocycles. The highest BCUT2D eigenvalue weighted by molar-refractivity contribution is 9.10. The van der Waals surface area contributed by atoms with Crippen molar-refractivity contribution in [2.75, 3.05) is 0 Å². The fourth-order valence-corrected chi connectivity index (χ4v) is 3.16. The van der Waals surface area contributed by atoms with Crippen molar-refractivity contribution in [3.63, 3.8) is 0 Å². The van der Waals surface area contributed by atoms with E-state index in [2.05, 4.69) is 32.4 Å². The number of halogens is 2. The second-order valence-electron chi connectivity index (χ2n) is 5.11. The van der Waals surface area contributed by atoms with Gasteiger partial charge in [-0.25, -0.2) is 4.98 Å². The summed E-state index contributed by atoms with van der Waals surface area (Å²) in [6.45, 7) is 4.79. The van der Waals surface area contributed by atoms with Gasteiger partial charge in [0.1, 0.15) is 5.82 Å². The topological polar surface area (TPSA) is 38.0 Å². The maximum absolute atomic E-state index is 10.8. The number of hydrogen-bond acceptors (Lipinski definition) is 2. The average Bonchev–Trinajstić information content (AvgIpc) is 2.76. The zero-order chi connectivity index (χ0) is 14.8. The van der Waals surface area contributed by atoms with Gasteiger partial charge < -0.3 is 9.67 Å². The molecule has 1 atom stereocenters. The van der Waals surface area contributed by atoms with E-state index in [1.54, 1.807) is 19.2 Å². The molecule has 0 spiro atoms. The lowest BCUT2D eigenvalue weighted by Crippen LogP contribution is -2.26. The molecule has 108 valence electrons. The first kappa shape index (κ1) is 15.5. The lowest BCUT2D eigenvalue weighted by atomic mass is 9.92. The molecule has 1 N–H and O–H groups in total. The summed E-state index contributed by atoms with van der Waals surface area (Å²) < 4.78 is 2.97. The molecule has 5 heteroatoms. The van der Waals surface area contributed by atoms with Crippen LogP contribution in [0.1, 0.15) is 31.7 Å². The van der Waals surface area contributed by atoms with Crippen molar-refractivity contribution >= 4 is 27.5 Å². The predicted octanol–water partition coefficient (Wildman–Crippen LogP) is 4.16. The van der Waals surface area contributed by atoms with Crippen LogP contribution in [-0.2, 0) is 18.6 Å². The minimum atomic E-state index is -1.05. The SMILES string of the molecule is CCCn1ccnc1CC(C)(O)c1ccc(Br)cc1Cl. The van der Waals surface area contributed by atoms with Gasteiger partial charge in [-0.2, -0.15) is 0 Å². The standard InChI is InChI=1S/C15H18BrClN2O/c1-3-7-19-8-6-18-14(19)10-15(2,20)12-5-4-11(16)9-13(12)17/h4-6,8-9,20H,3,7,10H2,1-2H3. The molecule has 1 aromatic carbocycles. The Bertz CT molecular complexity index is 595. The molecule has 0 saturated heterocycles. The molecule has 3 nitrogen and oxygen atoms in total. The first-order chi connectivity index (χ1) is 9.44. The Morgan fingerprint density at radius 2 is 2.20 bits per heavy atom. The van der Waals surface area contributed by atoms with E-state index in [-0.39, 0.29) is 0 Å². The van der Waals surface area contributed by atoms with Gasteiger partial charge in [-0.05, 0) is 25.5 Å². The molecular formula is C15H18BrClN2O. The minimum absolute atomic E-state index is 0.432. The van der Waals surface area contributed by atoms with E-state index in [0.29, 0.717) is 17.0 Å². The first-order valence-corrected chi connectivity index (χ1v) is 7.79. The van der Waals surface area contributed by atoms with Crippen LogP contribution in [0, 0.1) is 0 Å². The molecule has 2 rings (SSSR count). The van der Waals surface area contributed by atoms with E-state index in [9.17, 15) is 5.11 Å². The fourth-order valence-electron chi connectivity index (χ4n) is 2.28. The number of nitrogens with zero attached hydrogens (tertiary/aromatic N) is 2. The maximum Gasteiger partial charge on any atom is 0.111 e. The van der Waals surface area contributed by atoms with E-state index in [1.165, 1.54) is 0 Å². The van der Waals surface area contributed by atoms with Gasteiger partial charge in [-0.1, -0.05) is 40.5 Å². The highest BCUT2D eigenvalue weighted by Crippen LogP contribution is 2.32. The second-order valence-corrected chi connectivity index (χ2v) is 6.43. The molecule has 0 saturated carbocycles. The van der Waals surface area contributed by atoms with Crippen molar-refractivity contribution in [3.8, 4) is 0 Å². The van der Waals surface area contributed by atoms with E-state index in [4.69, 9.17) is 11.6 Å². The van der Waals surface area contributed by atoms with E-state index >= 15 is 0 Å². The van der Waals surface area contributed by atoms with Crippen LogP contribution in [0.3, 0.4) is 0 Å². The predicted molar refractivity (Wildman–Crippen MR) is 84.9 cm³/mol. The molecule has 0 fully saturated rings. The second kappa shape index (κ2) is 6.29. The number of aromatic nitrogens is 2. The summed E-state index contributed by atoms with van der Waals surface area (Å²) in [6.07, 6.45) is 5.17. The highest BCUT2D eigenvalue weighted by atomic mass is 79.9. The Morgan fingerprint density at radius 1 is 1.45 bits per heavy atom. The van der Waals surface area contributed by atoms with Gasteiger partial charge >= 0.3 is 0 Å². The third-order valence-corrected chi connectivity index (χ3v) is 4.09. The monoisotopic (exact) mass is 356 g/mol. The normalized spacial score (nSPS) is 14.2. The number of hydrogen-bond donors (Lipinski definition) is 1. The quantitative estimate of drug-likeness (QED) is 0.872. The van der Waals surface area contributed by atoms with E-state index in [1.807, 2.05) is 18.3 Å². The van der Waals surface area contributed by atoms with Crippen LogP contribution in [0.2, 0.25) is 5.02 Å². The molecule has 2 aromatic rings. The number of aliphatic hydroxyl groups is 1. The fraction of sp³-hybridized carbons (Fsp3) is 0.400. The third kappa shape index (κ3) is 3.43. The Balaban J connectivity index is 2.28. The van der Waals surface area contributed by atoms with Crippen LogP contribution < -0.4 is 0 Å². The van der Waals surface area contributed by atoms with Crippen LogP contribution in [-0.4, -0.2) is 14.7 Å². The molecule has 0 aliphatic rings. The van der Waals surface area contributed by atoms with Gasteiger partial charge in [0.2, 0.25) is 0 Å². The summed E-state index contributed by atoms with van der Waals surface area (Å²) in [5, 5.41) is 11.3. The van der Waals surface area contributed by atoms with Crippen molar-refractivity contribution in [1.82, 2.24) is 9.55 Å². The third-order valence-electron chi connectivity index (χ3n) is 3.28. The summed E-state index contributed by atoms with van der Waals surface area (Å²) >= 11 is 9.61. The molecule has 0 amide bonds. The zero-order valence-electron chi connectivity index (χ0n) is 11.6. The molecule has 0 bridgehead atoms. The van der Waals surface area contributed by atoms with E-state index < -0.39 is 5.60 Å². The van der Waals surface area contributed by atoms with Gasteiger partial charge in [0.05, 0.1) is 5.60 Å². The van der Waals surface area contributed by atoms with Gasteiger partial charge in [0.25, 0.3) is 0 Å². The molecule has 20 heavy (non-hydrogen) atoms. The Hall–Kier alpha value is -0.840. The Morgan fingerprint density at radius 3 is 2.85 bits per heavy atom. The van der Waals surface area contributed by atoms with Crippen LogP contribution in [0.4, 0.5) is 0 Å². The number of aryl methyl sites for hydroxylation is 1. The lowest BCUT2D eigenvalue weighted by molar-refractivity contribution is 0.0546. The number of benzene rings is 1. The highest BCUT2D eigenvalue weighted by Gasteiger charge is 2.28. The lowest BCUT2D eigenvalue weighted by Gasteiger charge is -2.25. The van der Waals surface area contributed by atoms with Crippen LogP contribution >= 0.6 is 27.5 Å². The summed E-state index contributed by atoms with van der Waals surface area (Å²) in [5.74, 6) is 0.871. The Kier molecular flexibility index (Phi) is 4.89. The molecule has 0 radical (unpaired) electrons.